The molecule has 0 saturated carbocycles. The van der Waals surface area contributed by atoms with Gasteiger partial charge in [-0.1, -0.05) is 19.1 Å². The van der Waals surface area contributed by atoms with Gasteiger partial charge in [0.2, 0.25) is 10.0 Å². The third-order valence-electron chi connectivity index (χ3n) is 8.79. The number of fused-ring (bicyclic) bond motifs is 2. The fourth-order valence-electron chi connectivity index (χ4n) is 6.72. The van der Waals surface area contributed by atoms with E-state index in [2.05, 4.69) is 0 Å². The van der Waals surface area contributed by atoms with Crippen LogP contribution in [0.1, 0.15) is 59.6 Å². The van der Waals surface area contributed by atoms with Gasteiger partial charge in [0, 0.05) is 41.6 Å². The molecule has 1 saturated heterocycles. The summed E-state index contributed by atoms with van der Waals surface area (Å²) >= 11 is 0. The number of nitrogens with zero attached hydrogens (tertiary/aromatic N) is 1. The molecule has 2 heterocycles. The molecule has 3 aromatic rings. The second-order valence-corrected chi connectivity index (χ2v) is 14.5. The van der Waals surface area contributed by atoms with Gasteiger partial charge in [0.1, 0.15) is 29.2 Å². The molecule has 1 fully saturated rings. The first-order valence-electron chi connectivity index (χ1n) is 14.5. The molecule has 6 rings (SSSR count). The average Bonchev–Trinajstić information content (AvgIpc) is 3.50. The van der Waals surface area contributed by atoms with Crippen LogP contribution in [-0.2, 0) is 21.2 Å². The van der Waals surface area contributed by atoms with Crippen LogP contribution in [0.15, 0.2) is 42.5 Å². The lowest BCUT2D eigenvalue weighted by Gasteiger charge is -2.45. The van der Waals surface area contributed by atoms with E-state index in [1.165, 1.54) is 16.6 Å². The Bertz CT molecular complexity index is 1690. The summed E-state index contributed by atoms with van der Waals surface area (Å²) in [5.41, 5.74) is 6.16. The smallest absolute Gasteiger partial charge is 0.304 e. The highest BCUT2D eigenvalue weighted by atomic mass is 32.2. The minimum Gasteiger partial charge on any atom is -0.493 e. The largest absolute Gasteiger partial charge is 0.493 e. The highest BCUT2D eigenvalue weighted by Gasteiger charge is 2.44. The third kappa shape index (κ3) is 5.70. The van der Waals surface area contributed by atoms with Crippen LogP contribution in [0.4, 0.5) is 4.39 Å². The summed E-state index contributed by atoms with van der Waals surface area (Å²) in [6.45, 7) is 7.68. The zero-order valence-electron chi connectivity index (χ0n) is 24.8. The van der Waals surface area contributed by atoms with Crippen LogP contribution in [-0.4, -0.2) is 56.4 Å². The van der Waals surface area contributed by atoms with Crippen molar-refractivity contribution in [1.82, 2.24) is 4.31 Å². The molecule has 3 aliphatic rings. The first-order chi connectivity index (χ1) is 20.3. The number of hydrogen-bond donors (Lipinski definition) is 1. The monoisotopic (exact) mass is 609 g/mol. The lowest BCUT2D eigenvalue weighted by atomic mass is 9.85. The molecule has 2 aliphatic heterocycles. The van der Waals surface area contributed by atoms with Crippen LogP contribution in [0.25, 0.3) is 11.1 Å². The summed E-state index contributed by atoms with van der Waals surface area (Å²) in [5.74, 6) is 0.544. The molecule has 0 radical (unpaired) electrons. The quantitative estimate of drug-likeness (QED) is 0.328. The zero-order chi connectivity index (χ0) is 30.7. The van der Waals surface area contributed by atoms with Crippen LogP contribution < -0.4 is 14.2 Å². The number of aryl methyl sites for hydroxylation is 2. The van der Waals surface area contributed by atoms with Crippen molar-refractivity contribution in [2.24, 2.45) is 5.41 Å². The molecule has 1 aliphatic carbocycles. The Morgan fingerprint density at radius 3 is 2.51 bits per heavy atom. The average molecular weight is 610 g/mol. The Morgan fingerprint density at radius 1 is 1.12 bits per heavy atom. The molecule has 0 aromatic heterocycles. The van der Waals surface area contributed by atoms with E-state index in [4.69, 9.17) is 19.3 Å². The van der Waals surface area contributed by atoms with Gasteiger partial charge in [-0.2, -0.15) is 0 Å². The summed E-state index contributed by atoms with van der Waals surface area (Å²) in [4.78, 5) is 11.2. The Hall–Kier alpha value is -3.63. The number of rotatable bonds is 9. The predicted molar refractivity (Wildman–Crippen MR) is 160 cm³/mol. The minimum atomic E-state index is -3.19. The number of sulfonamides is 1. The lowest BCUT2D eigenvalue weighted by molar-refractivity contribution is -0.137. The van der Waals surface area contributed by atoms with E-state index in [0.29, 0.717) is 56.2 Å². The standard InChI is InChI=1S/C33H36FNO7S/c1-19-11-23(41-18-33(3)16-35(17-33)43(4,38)39)12-20(2)31(19)25-7-9-27(34)32-26(25)8-10-28(32)42-22-5-6-24-21(13-30(36)37)15-40-29(24)14-22/h5-7,9,11-12,14,21,28H,8,10,13,15-18H2,1-4H3,(H,36,37)/t21-,28?/m1/s1. The Kier molecular flexibility index (Phi) is 7.41. The fraction of sp³-hybridized carbons (Fsp3) is 0.424. The van der Waals surface area contributed by atoms with Gasteiger partial charge in [0.15, 0.2) is 0 Å². The number of ether oxygens (including phenoxy) is 3. The van der Waals surface area contributed by atoms with Crippen LogP contribution in [0.2, 0.25) is 0 Å². The van der Waals surface area contributed by atoms with Gasteiger partial charge in [-0.3, -0.25) is 4.79 Å². The molecule has 0 bridgehead atoms. The van der Waals surface area contributed by atoms with E-state index in [0.717, 1.165) is 39.1 Å². The Balaban J connectivity index is 1.20. The van der Waals surface area contributed by atoms with Crippen LogP contribution in [0, 0.1) is 25.1 Å². The van der Waals surface area contributed by atoms with E-state index < -0.39 is 22.1 Å². The molecule has 43 heavy (non-hydrogen) atoms. The van der Waals surface area contributed by atoms with Gasteiger partial charge in [0.25, 0.3) is 0 Å². The number of carboxylic acid groups (broad SMARTS) is 1. The molecular weight excluding hydrogens is 573 g/mol. The summed E-state index contributed by atoms with van der Waals surface area (Å²) in [7, 11) is -3.19. The second-order valence-electron chi connectivity index (χ2n) is 12.5. The number of carboxylic acids is 1. The van der Waals surface area contributed by atoms with Crippen LogP contribution in [0.3, 0.4) is 0 Å². The van der Waals surface area contributed by atoms with Crippen molar-refractivity contribution in [1.29, 1.82) is 0 Å². The van der Waals surface area contributed by atoms with Gasteiger partial charge in [-0.05, 0) is 78.8 Å². The van der Waals surface area contributed by atoms with Crippen molar-refractivity contribution in [3.8, 4) is 28.4 Å². The molecule has 0 spiro atoms. The van der Waals surface area contributed by atoms with Crippen molar-refractivity contribution in [2.75, 3.05) is 32.6 Å². The molecule has 228 valence electrons. The SMILES string of the molecule is Cc1cc(OCC2(C)CN(S(C)(=O)=O)C2)cc(C)c1-c1ccc(F)c2c1CCC2Oc1ccc2c(c1)OC[C@H]2CC(=O)O. The maximum atomic E-state index is 15.3. The Morgan fingerprint density at radius 2 is 1.84 bits per heavy atom. The molecule has 10 heteroatoms. The van der Waals surface area contributed by atoms with E-state index >= 15 is 4.39 Å². The van der Waals surface area contributed by atoms with Gasteiger partial charge < -0.3 is 19.3 Å². The van der Waals surface area contributed by atoms with Crippen molar-refractivity contribution in [3.05, 3.63) is 76.1 Å². The molecule has 2 atom stereocenters. The first-order valence-corrected chi connectivity index (χ1v) is 16.3. The number of aliphatic carboxylic acids is 1. The third-order valence-corrected chi connectivity index (χ3v) is 9.99. The van der Waals surface area contributed by atoms with E-state index in [1.807, 2.05) is 45.0 Å². The molecule has 1 unspecified atom stereocenters. The zero-order valence-corrected chi connectivity index (χ0v) is 25.6. The highest BCUT2D eigenvalue weighted by Crippen LogP contribution is 2.45. The van der Waals surface area contributed by atoms with Crippen LogP contribution >= 0.6 is 0 Å². The fourth-order valence-corrected chi connectivity index (χ4v) is 7.81. The molecule has 0 amide bonds. The summed E-state index contributed by atoms with van der Waals surface area (Å²) in [5, 5.41) is 9.17. The van der Waals surface area contributed by atoms with Gasteiger partial charge in [-0.25, -0.2) is 17.1 Å². The van der Waals surface area contributed by atoms with E-state index in [9.17, 15) is 13.2 Å². The topological polar surface area (TPSA) is 102 Å². The lowest BCUT2D eigenvalue weighted by Crippen LogP contribution is -2.58. The van der Waals surface area contributed by atoms with E-state index in [-0.39, 0.29) is 23.6 Å². The number of hydrogen-bond acceptors (Lipinski definition) is 6. The maximum Gasteiger partial charge on any atom is 0.304 e. The number of benzene rings is 3. The summed E-state index contributed by atoms with van der Waals surface area (Å²) in [6, 6.07) is 12.7. The molecular formula is C33H36FNO7S. The first kappa shape index (κ1) is 29.4. The molecule has 8 nitrogen and oxygen atoms in total. The maximum absolute atomic E-state index is 15.3. The van der Waals surface area contributed by atoms with Crippen molar-refractivity contribution < 1.29 is 36.9 Å². The van der Waals surface area contributed by atoms with Crippen LogP contribution in [0.5, 0.6) is 17.2 Å². The van der Waals surface area contributed by atoms with E-state index in [1.54, 1.807) is 12.1 Å². The normalized spacial score (nSPS) is 20.6. The summed E-state index contributed by atoms with van der Waals surface area (Å²) in [6.07, 6.45) is 2.07. The van der Waals surface area contributed by atoms with Gasteiger partial charge in [-0.15, -0.1) is 0 Å². The summed E-state index contributed by atoms with van der Waals surface area (Å²) < 4.78 is 58.5. The number of carbonyl (C=O) groups is 1. The van der Waals surface area contributed by atoms with Crippen molar-refractivity contribution in [2.45, 2.75) is 52.1 Å². The number of halogens is 1. The Labute approximate surface area is 251 Å². The molecule has 3 aromatic carbocycles. The molecule has 1 N–H and O–H groups in total. The van der Waals surface area contributed by atoms with Gasteiger partial charge >= 0.3 is 5.97 Å². The minimum absolute atomic E-state index is 0.00658. The second kappa shape index (κ2) is 10.8. The van der Waals surface area contributed by atoms with Crippen molar-refractivity contribution >= 4 is 16.0 Å². The highest BCUT2D eigenvalue weighted by molar-refractivity contribution is 7.88. The predicted octanol–water partition coefficient (Wildman–Crippen LogP) is 5.79. The van der Waals surface area contributed by atoms with Gasteiger partial charge in [0.05, 0.1) is 25.9 Å². The van der Waals surface area contributed by atoms with Crippen molar-refractivity contribution in [3.63, 3.8) is 0 Å².